The van der Waals surface area contributed by atoms with Gasteiger partial charge in [0.2, 0.25) is 0 Å². The number of halogens is 4. The van der Waals surface area contributed by atoms with E-state index < -0.39 is 73.1 Å². The minimum absolute atomic E-state index is 0.106. The fourth-order valence-corrected chi connectivity index (χ4v) is 6.77. The first-order valence-electron chi connectivity index (χ1n) is 15.0. The van der Waals surface area contributed by atoms with E-state index in [9.17, 15) is 41.8 Å². The number of hydrogen-bond donors (Lipinski definition) is 1. The number of amides is 2. The highest BCUT2D eigenvalue weighted by Gasteiger charge is 2.50. The summed E-state index contributed by atoms with van der Waals surface area (Å²) in [6, 6.07) is 5.16. The van der Waals surface area contributed by atoms with Crippen LogP contribution in [0.5, 0.6) is 0 Å². The van der Waals surface area contributed by atoms with Crippen LogP contribution >= 0.6 is 0 Å². The van der Waals surface area contributed by atoms with E-state index in [1.165, 1.54) is 28.0 Å². The third-order valence-electron chi connectivity index (χ3n) is 9.30. The molecule has 0 spiro atoms. The van der Waals surface area contributed by atoms with Gasteiger partial charge < -0.3 is 19.7 Å². The molecule has 242 valence electrons. The third kappa shape index (κ3) is 5.05. The van der Waals surface area contributed by atoms with E-state index in [-0.39, 0.29) is 24.0 Å². The number of carboxylic acid groups (broad SMARTS) is 1. The van der Waals surface area contributed by atoms with Crippen LogP contribution in [0.2, 0.25) is 0 Å². The second-order valence-electron chi connectivity index (χ2n) is 13.0. The second-order valence-corrected chi connectivity index (χ2v) is 13.0. The zero-order valence-electron chi connectivity index (χ0n) is 25.3. The summed E-state index contributed by atoms with van der Waals surface area (Å²) in [7, 11) is 0. The van der Waals surface area contributed by atoms with E-state index in [0.29, 0.717) is 44.3 Å². The molecule has 0 saturated carbocycles. The Morgan fingerprint density at radius 3 is 2.21 bits per heavy atom. The van der Waals surface area contributed by atoms with Gasteiger partial charge in [-0.1, -0.05) is 12.2 Å². The lowest BCUT2D eigenvalue weighted by molar-refractivity contribution is -0.194. The van der Waals surface area contributed by atoms with Crippen LogP contribution in [0.3, 0.4) is 0 Å². The molecule has 1 N–H and O–H groups in total. The quantitative estimate of drug-likeness (QED) is 0.282. The standard InChI is InChI=1S/C34H27F4N3O6/c1-32(2)25-12-19(39-14-33(35,36)15-39)4-7-22(25)29(23-8-5-20(13-26(23)32)40-16-34(37,38)17-40)24-11-18(3-6-21(24)30(44)45)31(46)47-41-27(42)9-10-28(41)43/h3-7,11-13,21H,9-10,14-17H2,1-2H3/p+1. The smallest absolute Gasteiger partial charge is 0.363 e. The van der Waals surface area contributed by atoms with Gasteiger partial charge in [-0.15, -0.1) is 5.06 Å². The third-order valence-corrected chi connectivity index (χ3v) is 9.30. The summed E-state index contributed by atoms with van der Waals surface area (Å²) in [5.74, 6) is -10.5. The van der Waals surface area contributed by atoms with Gasteiger partial charge in [-0.25, -0.2) is 22.4 Å². The summed E-state index contributed by atoms with van der Waals surface area (Å²) in [5, 5.41) is 10.7. The molecule has 1 atom stereocenters. The van der Waals surface area contributed by atoms with Crippen LogP contribution in [-0.4, -0.2) is 76.8 Å². The van der Waals surface area contributed by atoms with Crippen molar-refractivity contribution in [3.05, 3.63) is 93.8 Å². The van der Waals surface area contributed by atoms with E-state index in [4.69, 9.17) is 4.84 Å². The Morgan fingerprint density at radius 2 is 1.60 bits per heavy atom. The van der Waals surface area contributed by atoms with Crippen LogP contribution in [0.15, 0.2) is 76.6 Å². The van der Waals surface area contributed by atoms with E-state index in [1.54, 1.807) is 30.4 Å². The molecule has 3 heterocycles. The van der Waals surface area contributed by atoms with Crippen molar-refractivity contribution in [1.82, 2.24) is 9.96 Å². The average molecular weight is 651 g/mol. The van der Waals surface area contributed by atoms with E-state index in [0.717, 1.165) is 0 Å². The number of rotatable bonds is 5. The Kier molecular flexibility index (Phi) is 6.67. The van der Waals surface area contributed by atoms with Crippen molar-refractivity contribution >= 4 is 35.0 Å². The molecule has 6 aliphatic rings. The lowest BCUT2D eigenvalue weighted by Gasteiger charge is -2.42. The van der Waals surface area contributed by atoms with Crippen molar-refractivity contribution in [2.45, 2.75) is 43.9 Å². The van der Waals surface area contributed by atoms with Crippen molar-refractivity contribution in [3.63, 3.8) is 0 Å². The average Bonchev–Trinajstić information content (AvgIpc) is 3.30. The number of benzene rings is 1. The molecule has 1 aromatic carbocycles. The number of aliphatic carboxylic acids is 1. The number of likely N-dealkylation sites (tertiary alicyclic amines) is 1. The summed E-state index contributed by atoms with van der Waals surface area (Å²) >= 11 is 0. The van der Waals surface area contributed by atoms with Crippen molar-refractivity contribution in [3.8, 4) is 0 Å². The number of anilines is 1. The Morgan fingerprint density at radius 1 is 0.957 bits per heavy atom. The number of allylic oxidation sites excluding steroid dienone is 7. The molecule has 9 nitrogen and oxygen atoms in total. The van der Waals surface area contributed by atoms with E-state index >= 15 is 0 Å². The minimum atomic E-state index is -2.83. The van der Waals surface area contributed by atoms with Gasteiger partial charge in [0.15, 0.2) is 5.57 Å². The summed E-state index contributed by atoms with van der Waals surface area (Å²) in [6.45, 7) is 1.95. The van der Waals surface area contributed by atoms with E-state index in [1.807, 2.05) is 13.8 Å². The summed E-state index contributed by atoms with van der Waals surface area (Å²) in [4.78, 5) is 58.1. The lowest BCUT2D eigenvalue weighted by Crippen LogP contribution is -2.56. The number of imide groups is 1. The topological polar surface area (TPSA) is 107 Å². The molecule has 2 amide bonds. The van der Waals surface area contributed by atoms with Crippen LogP contribution in [0, 0.1) is 12.0 Å². The highest BCUT2D eigenvalue weighted by atomic mass is 19.3. The van der Waals surface area contributed by atoms with Crippen LogP contribution in [0.25, 0.3) is 5.57 Å². The van der Waals surface area contributed by atoms with Gasteiger partial charge in [-0.3, -0.25) is 14.4 Å². The summed E-state index contributed by atoms with van der Waals surface area (Å²) < 4.78 is 55.2. The molecule has 0 aromatic heterocycles. The summed E-state index contributed by atoms with van der Waals surface area (Å²) in [6.07, 6.45) is 10.2. The molecule has 47 heavy (non-hydrogen) atoms. The van der Waals surface area contributed by atoms with Gasteiger partial charge in [-0.2, -0.15) is 0 Å². The SMILES string of the molecule is CC1(C)C2=C([C+]=CC(N3CC(F)(F)C3)=C2)C(=C2C=C(C(=O)ON3C(=O)CCC3=O)C=CC2C(=O)O)c2ccc(N3CC(F)(F)C3)cc21. The molecule has 0 bridgehead atoms. The number of alkyl halides is 4. The van der Waals surface area contributed by atoms with Gasteiger partial charge in [-0.05, 0) is 43.7 Å². The molecule has 3 saturated heterocycles. The van der Waals surface area contributed by atoms with Crippen LogP contribution in [0.4, 0.5) is 23.2 Å². The first-order valence-corrected chi connectivity index (χ1v) is 15.0. The van der Waals surface area contributed by atoms with Crippen LogP contribution < -0.4 is 4.90 Å². The zero-order valence-corrected chi connectivity index (χ0v) is 25.3. The van der Waals surface area contributed by atoms with Crippen molar-refractivity contribution in [1.29, 1.82) is 0 Å². The fourth-order valence-electron chi connectivity index (χ4n) is 6.77. The Hall–Kier alpha value is -5.03. The maximum absolute atomic E-state index is 13.8. The van der Waals surface area contributed by atoms with Gasteiger partial charge in [0.05, 0.1) is 60.5 Å². The number of carbonyl (C=O) groups is 4. The Bertz CT molecular complexity index is 1840. The maximum Gasteiger partial charge on any atom is 0.363 e. The second kappa shape index (κ2) is 10.2. The highest BCUT2D eigenvalue weighted by molar-refractivity contribution is 6.04. The van der Waals surface area contributed by atoms with E-state index in [2.05, 4.69) is 6.08 Å². The monoisotopic (exact) mass is 650 g/mol. The number of carboxylic acids is 1. The van der Waals surface area contributed by atoms with Crippen molar-refractivity contribution in [2.24, 2.45) is 5.92 Å². The minimum Gasteiger partial charge on any atom is -0.481 e. The molecule has 3 aliphatic heterocycles. The molecule has 1 aromatic rings. The molecule has 7 rings (SSSR count). The molecule has 0 radical (unpaired) electrons. The molecule has 13 heteroatoms. The van der Waals surface area contributed by atoms with Crippen LogP contribution in [-0.2, 0) is 29.4 Å². The normalized spacial score (nSPS) is 26.5. The van der Waals surface area contributed by atoms with Crippen molar-refractivity contribution < 1.29 is 46.7 Å². The predicted octanol–water partition coefficient (Wildman–Crippen LogP) is 4.50. The number of hydrogen-bond acceptors (Lipinski definition) is 7. The molecule has 3 fully saturated rings. The number of nitrogens with zero attached hydrogens (tertiary/aromatic N) is 3. The Balaban J connectivity index is 1.39. The molecular weight excluding hydrogens is 622 g/mol. The molecular formula is C34H28F4N3O6+. The first-order chi connectivity index (χ1) is 22.0. The van der Waals surface area contributed by atoms with Gasteiger partial charge in [0.25, 0.3) is 23.7 Å². The largest absolute Gasteiger partial charge is 0.481 e. The van der Waals surface area contributed by atoms with Gasteiger partial charge >= 0.3 is 11.9 Å². The molecule has 3 aliphatic carbocycles. The van der Waals surface area contributed by atoms with Gasteiger partial charge in [0, 0.05) is 35.7 Å². The Labute approximate surface area is 266 Å². The van der Waals surface area contributed by atoms with Gasteiger partial charge in [0.1, 0.15) is 11.6 Å². The van der Waals surface area contributed by atoms with Crippen LogP contribution in [0.1, 0.15) is 37.8 Å². The number of hydroxylamine groups is 2. The number of fused-ring (bicyclic) bond motifs is 1. The molecule has 1 unspecified atom stereocenters. The lowest BCUT2D eigenvalue weighted by atomic mass is 9.64. The number of carbonyl (C=O) groups excluding carboxylic acids is 3. The zero-order chi connectivity index (χ0) is 33.6. The van der Waals surface area contributed by atoms with Crippen molar-refractivity contribution in [2.75, 3.05) is 31.1 Å². The summed E-state index contributed by atoms with van der Waals surface area (Å²) in [5.41, 5.74) is 3.02. The fraction of sp³-hybridized carbons (Fsp3) is 0.353. The highest BCUT2D eigenvalue weighted by Crippen LogP contribution is 2.52. The maximum atomic E-state index is 13.8. The predicted molar refractivity (Wildman–Crippen MR) is 159 cm³/mol. The first kappa shape index (κ1) is 30.6.